The molecule has 0 aromatic heterocycles. The van der Waals surface area contributed by atoms with Crippen LogP contribution in [0, 0.1) is 12.7 Å². The molecule has 0 aliphatic heterocycles. The number of hydrogen-bond donors (Lipinski definition) is 1. The smallest absolute Gasteiger partial charge is 0.408 e. The highest BCUT2D eigenvalue weighted by Crippen LogP contribution is 2.28. The van der Waals surface area contributed by atoms with Gasteiger partial charge in [-0.15, -0.1) is 0 Å². The first-order valence-corrected chi connectivity index (χ1v) is 7.22. The number of rotatable bonds is 4. The number of aryl methyl sites for hydroxylation is 1. The van der Waals surface area contributed by atoms with E-state index in [9.17, 15) is 22.4 Å². The molecule has 0 unspecified atom stereocenters. The van der Waals surface area contributed by atoms with Gasteiger partial charge in [-0.3, -0.25) is 0 Å². The Morgan fingerprint density at radius 3 is 2.22 bits per heavy atom. The first-order valence-electron chi connectivity index (χ1n) is 7.22. The van der Waals surface area contributed by atoms with E-state index in [0.29, 0.717) is 0 Å². The average Bonchev–Trinajstić information content (AvgIpc) is 2.31. The van der Waals surface area contributed by atoms with E-state index in [4.69, 9.17) is 4.74 Å². The number of ether oxygens (including phenoxy) is 1. The Hall–Kier alpha value is -1.79. The molecule has 0 aliphatic rings. The number of nitrogens with one attached hydrogen (secondary N) is 1. The van der Waals surface area contributed by atoms with Crippen LogP contribution in [-0.2, 0) is 4.74 Å². The van der Waals surface area contributed by atoms with Crippen LogP contribution in [0.2, 0.25) is 0 Å². The van der Waals surface area contributed by atoms with Crippen LogP contribution in [-0.4, -0.2) is 23.8 Å². The Balaban J connectivity index is 3.08. The lowest BCUT2D eigenvalue weighted by atomic mass is 10.1. The highest BCUT2D eigenvalue weighted by atomic mass is 19.4. The molecule has 0 aliphatic carbocycles. The molecule has 0 fully saturated rings. The summed E-state index contributed by atoms with van der Waals surface area (Å²) >= 11 is 0. The van der Waals surface area contributed by atoms with Crippen LogP contribution in [0.15, 0.2) is 12.1 Å². The summed E-state index contributed by atoms with van der Waals surface area (Å²) in [7, 11) is 0. The molecule has 0 heterocycles. The molecular weight excluding hydrogens is 314 g/mol. The van der Waals surface area contributed by atoms with Gasteiger partial charge in [0.25, 0.3) is 0 Å². The molecule has 1 atom stereocenters. The SMILES string of the molecule is CC[C@@H](Nc1cc(C)c(C(=O)OC(C)(C)C)c(F)c1)C(F)(F)F. The lowest BCUT2D eigenvalue weighted by molar-refractivity contribution is -0.142. The minimum Gasteiger partial charge on any atom is -0.456 e. The highest BCUT2D eigenvalue weighted by Gasteiger charge is 2.38. The van der Waals surface area contributed by atoms with Crippen LogP contribution in [0.1, 0.15) is 50.0 Å². The van der Waals surface area contributed by atoms with Gasteiger partial charge in [-0.1, -0.05) is 6.92 Å². The maximum atomic E-state index is 14.2. The Bertz CT molecular complexity index is 553. The third-order valence-corrected chi connectivity index (χ3v) is 3.03. The summed E-state index contributed by atoms with van der Waals surface area (Å²) < 4.78 is 57.6. The number of alkyl halides is 3. The average molecular weight is 335 g/mol. The van der Waals surface area contributed by atoms with Crippen molar-refractivity contribution >= 4 is 11.7 Å². The van der Waals surface area contributed by atoms with E-state index in [1.807, 2.05) is 0 Å². The second-order valence-corrected chi connectivity index (χ2v) is 6.30. The molecule has 1 N–H and O–H groups in total. The zero-order valence-electron chi connectivity index (χ0n) is 13.8. The predicted octanol–water partition coefficient (Wildman–Crippen LogP) is 4.84. The number of hydrogen-bond acceptors (Lipinski definition) is 3. The largest absolute Gasteiger partial charge is 0.456 e. The van der Waals surface area contributed by atoms with E-state index in [2.05, 4.69) is 5.32 Å². The number of carbonyl (C=O) groups excluding carboxylic acids is 1. The van der Waals surface area contributed by atoms with Crippen molar-refractivity contribution in [3.63, 3.8) is 0 Å². The van der Waals surface area contributed by atoms with Crippen LogP contribution in [0.25, 0.3) is 0 Å². The van der Waals surface area contributed by atoms with Crippen molar-refractivity contribution in [2.75, 3.05) is 5.32 Å². The zero-order valence-corrected chi connectivity index (χ0v) is 13.8. The second-order valence-electron chi connectivity index (χ2n) is 6.30. The molecular formula is C16H21F4NO2. The Morgan fingerprint density at radius 1 is 1.26 bits per heavy atom. The number of carbonyl (C=O) groups is 1. The van der Waals surface area contributed by atoms with Crippen molar-refractivity contribution in [3.05, 3.63) is 29.1 Å². The summed E-state index contributed by atoms with van der Waals surface area (Å²) in [6.45, 7) is 7.75. The second kappa shape index (κ2) is 6.76. The Kier molecular flexibility index (Phi) is 5.66. The third kappa shape index (κ3) is 5.41. The van der Waals surface area contributed by atoms with Gasteiger partial charge in [0.2, 0.25) is 0 Å². The lowest BCUT2D eigenvalue weighted by Crippen LogP contribution is -2.35. The molecule has 7 heteroatoms. The summed E-state index contributed by atoms with van der Waals surface area (Å²) in [6, 6.07) is 0.394. The van der Waals surface area contributed by atoms with Crippen LogP contribution in [0.4, 0.5) is 23.2 Å². The van der Waals surface area contributed by atoms with Crippen molar-refractivity contribution in [3.8, 4) is 0 Å². The molecule has 1 aromatic rings. The molecule has 1 rings (SSSR count). The van der Waals surface area contributed by atoms with Gasteiger partial charge in [0.1, 0.15) is 17.5 Å². The Morgan fingerprint density at radius 2 is 1.83 bits per heavy atom. The van der Waals surface area contributed by atoms with Gasteiger partial charge in [0, 0.05) is 5.69 Å². The monoisotopic (exact) mass is 335 g/mol. The molecule has 0 spiro atoms. The zero-order chi connectivity index (χ0) is 18.0. The van der Waals surface area contributed by atoms with Gasteiger partial charge in [0.15, 0.2) is 0 Å². The number of anilines is 1. The predicted molar refractivity (Wildman–Crippen MR) is 80.1 cm³/mol. The summed E-state index contributed by atoms with van der Waals surface area (Å²) in [4.78, 5) is 12.0. The Labute approximate surface area is 133 Å². The quantitative estimate of drug-likeness (QED) is 0.632. The van der Waals surface area contributed by atoms with Crippen LogP contribution < -0.4 is 5.32 Å². The summed E-state index contributed by atoms with van der Waals surface area (Å²) in [5.74, 6) is -1.76. The topological polar surface area (TPSA) is 38.3 Å². The summed E-state index contributed by atoms with van der Waals surface area (Å²) in [5.41, 5.74) is -0.892. The maximum absolute atomic E-state index is 14.2. The number of halogens is 4. The first-order chi connectivity index (χ1) is 10.3. The molecule has 0 saturated heterocycles. The fraction of sp³-hybridized carbons (Fsp3) is 0.562. The molecule has 0 saturated carbocycles. The van der Waals surface area contributed by atoms with Gasteiger partial charge in [-0.2, -0.15) is 13.2 Å². The summed E-state index contributed by atoms with van der Waals surface area (Å²) in [5, 5.41) is 2.25. The van der Waals surface area contributed by atoms with Crippen LogP contribution in [0.3, 0.4) is 0 Å². The molecule has 0 amide bonds. The maximum Gasteiger partial charge on any atom is 0.408 e. The van der Waals surface area contributed by atoms with E-state index < -0.39 is 29.6 Å². The fourth-order valence-electron chi connectivity index (χ4n) is 2.03. The highest BCUT2D eigenvalue weighted by molar-refractivity contribution is 5.92. The molecule has 1 aromatic carbocycles. The molecule has 3 nitrogen and oxygen atoms in total. The fourth-order valence-corrected chi connectivity index (χ4v) is 2.03. The van der Waals surface area contributed by atoms with Crippen LogP contribution >= 0.6 is 0 Å². The molecule has 0 radical (unpaired) electrons. The van der Waals surface area contributed by atoms with Crippen molar-refractivity contribution in [2.24, 2.45) is 0 Å². The van der Waals surface area contributed by atoms with Gasteiger partial charge in [0.05, 0.1) is 5.56 Å². The van der Waals surface area contributed by atoms with E-state index in [1.54, 1.807) is 20.8 Å². The van der Waals surface area contributed by atoms with Crippen molar-refractivity contribution < 1.29 is 27.1 Å². The first kappa shape index (κ1) is 19.3. The minimum atomic E-state index is -4.44. The van der Waals surface area contributed by atoms with Crippen molar-refractivity contribution in [2.45, 2.75) is 58.9 Å². The van der Waals surface area contributed by atoms with E-state index in [1.165, 1.54) is 19.9 Å². The minimum absolute atomic E-state index is 0.0310. The van der Waals surface area contributed by atoms with Gasteiger partial charge < -0.3 is 10.1 Å². The normalized spacial score (nSPS) is 13.6. The van der Waals surface area contributed by atoms with Gasteiger partial charge in [-0.05, 0) is 51.8 Å². The van der Waals surface area contributed by atoms with E-state index >= 15 is 0 Å². The number of esters is 1. The molecule has 130 valence electrons. The van der Waals surface area contributed by atoms with E-state index in [0.717, 1.165) is 6.07 Å². The number of benzene rings is 1. The lowest BCUT2D eigenvalue weighted by Gasteiger charge is -2.23. The third-order valence-electron chi connectivity index (χ3n) is 3.03. The summed E-state index contributed by atoms with van der Waals surface area (Å²) in [6.07, 6.45) is -4.64. The van der Waals surface area contributed by atoms with Gasteiger partial charge >= 0.3 is 12.1 Å². The molecule has 0 bridgehead atoms. The standard InChI is InChI=1S/C16H21F4NO2/c1-6-12(16(18,19)20)21-10-7-9(2)13(11(17)8-10)14(22)23-15(3,4)5/h7-8,12,21H,6H2,1-5H3/t12-/m1/s1. The van der Waals surface area contributed by atoms with Crippen LogP contribution in [0.5, 0.6) is 0 Å². The van der Waals surface area contributed by atoms with Gasteiger partial charge in [-0.25, -0.2) is 9.18 Å². The van der Waals surface area contributed by atoms with Crippen molar-refractivity contribution in [1.82, 2.24) is 0 Å². The molecule has 23 heavy (non-hydrogen) atoms. The van der Waals surface area contributed by atoms with Crippen molar-refractivity contribution in [1.29, 1.82) is 0 Å². The van der Waals surface area contributed by atoms with E-state index in [-0.39, 0.29) is 23.2 Å².